The Morgan fingerprint density at radius 3 is 2.52 bits per heavy atom. The van der Waals surface area contributed by atoms with Crippen LogP contribution in [0.4, 0.5) is 13.2 Å². The quantitative estimate of drug-likeness (QED) is 0.824. The van der Waals surface area contributed by atoms with Crippen LogP contribution in [0.15, 0.2) is 42.6 Å². The van der Waals surface area contributed by atoms with E-state index in [2.05, 4.69) is 28.9 Å². The van der Waals surface area contributed by atoms with E-state index < -0.39 is 18.2 Å². The van der Waals surface area contributed by atoms with Gasteiger partial charge in [0.1, 0.15) is 0 Å². The molecular formula is C17H19F3N2O. The van der Waals surface area contributed by atoms with Crippen LogP contribution in [0, 0.1) is 11.7 Å². The van der Waals surface area contributed by atoms with Crippen molar-refractivity contribution in [3.8, 4) is 5.75 Å². The highest BCUT2D eigenvalue weighted by Crippen LogP contribution is 2.23. The second-order valence-corrected chi connectivity index (χ2v) is 5.50. The summed E-state index contributed by atoms with van der Waals surface area (Å²) in [6.45, 7) is 1.48. The van der Waals surface area contributed by atoms with Gasteiger partial charge in [-0.05, 0) is 35.7 Å². The standard InChI is InChI=1S/C17H19F3N2O/c1-11(2)16(14-5-3-4-8-21-14)22-10-12-6-7-15(13(18)9-12)23-17(19)20/h3-9,11,16-17,22H,10H2,1-2H3/t16-/m0/s1. The Kier molecular flexibility index (Phi) is 5.98. The van der Waals surface area contributed by atoms with Crippen molar-refractivity contribution in [1.29, 1.82) is 0 Å². The van der Waals surface area contributed by atoms with Gasteiger partial charge in [0.15, 0.2) is 11.6 Å². The number of alkyl halides is 2. The summed E-state index contributed by atoms with van der Waals surface area (Å²) < 4.78 is 42.1. The minimum absolute atomic E-state index is 0.0104. The Hall–Kier alpha value is -2.08. The second-order valence-electron chi connectivity index (χ2n) is 5.50. The van der Waals surface area contributed by atoms with Crippen LogP contribution in [0.25, 0.3) is 0 Å². The predicted octanol–water partition coefficient (Wildman–Crippen LogP) is 4.31. The number of aromatic nitrogens is 1. The topological polar surface area (TPSA) is 34.1 Å². The zero-order chi connectivity index (χ0) is 16.8. The van der Waals surface area contributed by atoms with Gasteiger partial charge in [-0.1, -0.05) is 26.0 Å². The van der Waals surface area contributed by atoms with Crippen molar-refractivity contribution >= 4 is 0 Å². The molecule has 0 radical (unpaired) electrons. The fraction of sp³-hybridized carbons (Fsp3) is 0.353. The van der Waals surface area contributed by atoms with Crippen molar-refractivity contribution in [2.24, 2.45) is 5.92 Å². The third kappa shape index (κ3) is 4.96. The molecule has 0 fully saturated rings. The number of hydrogen-bond acceptors (Lipinski definition) is 3. The molecule has 0 aliphatic rings. The monoisotopic (exact) mass is 324 g/mol. The van der Waals surface area contributed by atoms with Gasteiger partial charge in [-0.2, -0.15) is 8.78 Å². The van der Waals surface area contributed by atoms with E-state index in [4.69, 9.17) is 0 Å². The lowest BCUT2D eigenvalue weighted by Crippen LogP contribution is -2.26. The highest BCUT2D eigenvalue weighted by atomic mass is 19.3. The molecule has 0 spiro atoms. The van der Waals surface area contributed by atoms with E-state index in [-0.39, 0.29) is 12.0 Å². The van der Waals surface area contributed by atoms with E-state index in [1.807, 2.05) is 18.2 Å². The lowest BCUT2D eigenvalue weighted by Gasteiger charge is -2.22. The van der Waals surface area contributed by atoms with Gasteiger partial charge in [0.25, 0.3) is 0 Å². The highest BCUT2D eigenvalue weighted by molar-refractivity contribution is 5.29. The highest BCUT2D eigenvalue weighted by Gasteiger charge is 2.17. The number of rotatable bonds is 7. The lowest BCUT2D eigenvalue weighted by atomic mass is 10.00. The number of benzene rings is 1. The van der Waals surface area contributed by atoms with Crippen LogP contribution in [0.5, 0.6) is 5.75 Å². The first-order valence-corrected chi connectivity index (χ1v) is 7.35. The summed E-state index contributed by atoms with van der Waals surface area (Å²) >= 11 is 0. The first-order valence-electron chi connectivity index (χ1n) is 7.35. The van der Waals surface area contributed by atoms with E-state index in [0.29, 0.717) is 12.1 Å². The first-order chi connectivity index (χ1) is 11.0. The lowest BCUT2D eigenvalue weighted by molar-refractivity contribution is -0.0522. The minimum atomic E-state index is -3.04. The van der Waals surface area contributed by atoms with Crippen molar-refractivity contribution in [2.75, 3.05) is 0 Å². The van der Waals surface area contributed by atoms with E-state index in [1.165, 1.54) is 12.1 Å². The number of nitrogens with zero attached hydrogens (tertiary/aromatic N) is 1. The average Bonchev–Trinajstić information content (AvgIpc) is 2.50. The van der Waals surface area contributed by atoms with Gasteiger partial charge in [-0.15, -0.1) is 0 Å². The molecule has 0 unspecified atom stereocenters. The zero-order valence-electron chi connectivity index (χ0n) is 13.0. The van der Waals surface area contributed by atoms with Gasteiger partial charge in [-0.3, -0.25) is 4.98 Å². The second kappa shape index (κ2) is 7.97. The molecular weight excluding hydrogens is 305 g/mol. The maximum Gasteiger partial charge on any atom is 0.387 e. The maximum atomic E-state index is 13.7. The number of nitrogens with one attached hydrogen (secondary N) is 1. The molecule has 1 N–H and O–H groups in total. The average molecular weight is 324 g/mol. The molecule has 1 atom stereocenters. The van der Waals surface area contributed by atoms with Gasteiger partial charge in [0.2, 0.25) is 0 Å². The molecule has 0 aliphatic heterocycles. The molecule has 1 heterocycles. The molecule has 1 aromatic heterocycles. The van der Waals surface area contributed by atoms with Crippen molar-refractivity contribution in [2.45, 2.75) is 33.0 Å². The largest absolute Gasteiger partial charge is 0.432 e. The van der Waals surface area contributed by atoms with E-state index in [0.717, 1.165) is 5.69 Å². The molecule has 0 bridgehead atoms. The third-order valence-electron chi connectivity index (χ3n) is 3.41. The Morgan fingerprint density at radius 2 is 1.96 bits per heavy atom. The Morgan fingerprint density at radius 1 is 1.17 bits per heavy atom. The van der Waals surface area contributed by atoms with Crippen molar-refractivity contribution in [3.63, 3.8) is 0 Å². The Bertz CT molecular complexity index is 620. The van der Waals surface area contributed by atoms with Crippen LogP contribution < -0.4 is 10.1 Å². The van der Waals surface area contributed by atoms with Crippen LogP contribution in [-0.2, 0) is 6.54 Å². The molecule has 6 heteroatoms. The SMILES string of the molecule is CC(C)[C@H](NCc1ccc(OC(F)F)c(F)c1)c1ccccn1. The maximum absolute atomic E-state index is 13.7. The van der Waals surface area contributed by atoms with Gasteiger partial charge < -0.3 is 10.1 Å². The zero-order valence-corrected chi connectivity index (χ0v) is 13.0. The number of pyridine rings is 1. The van der Waals surface area contributed by atoms with Crippen molar-refractivity contribution in [3.05, 3.63) is 59.7 Å². The fourth-order valence-corrected chi connectivity index (χ4v) is 2.32. The summed E-state index contributed by atoms with van der Waals surface area (Å²) in [7, 11) is 0. The predicted molar refractivity (Wildman–Crippen MR) is 81.7 cm³/mol. The van der Waals surface area contributed by atoms with Crippen LogP contribution in [0.3, 0.4) is 0 Å². The van der Waals surface area contributed by atoms with Crippen LogP contribution in [-0.4, -0.2) is 11.6 Å². The summed E-state index contributed by atoms with van der Waals surface area (Å²) in [5, 5.41) is 3.32. The summed E-state index contributed by atoms with van der Waals surface area (Å²) in [5.74, 6) is -0.964. The normalized spacial score (nSPS) is 12.7. The molecule has 124 valence electrons. The Balaban J connectivity index is 2.05. The molecule has 0 amide bonds. The molecule has 2 rings (SSSR count). The van der Waals surface area contributed by atoms with Crippen LogP contribution >= 0.6 is 0 Å². The van der Waals surface area contributed by atoms with Gasteiger partial charge in [0.05, 0.1) is 11.7 Å². The third-order valence-corrected chi connectivity index (χ3v) is 3.41. The molecule has 1 aromatic carbocycles. The summed E-state index contributed by atoms with van der Waals surface area (Å²) in [6.07, 6.45) is 1.72. The van der Waals surface area contributed by atoms with E-state index in [9.17, 15) is 13.2 Å². The van der Waals surface area contributed by atoms with Crippen molar-refractivity contribution in [1.82, 2.24) is 10.3 Å². The number of halogens is 3. The van der Waals surface area contributed by atoms with Gasteiger partial charge in [-0.25, -0.2) is 4.39 Å². The molecule has 0 aliphatic carbocycles. The summed E-state index contributed by atoms with van der Waals surface area (Å²) in [4.78, 5) is 4.34. The molecule has 3 nitrogen and oxygen atoms in total. The molecule has 23 heavy (non-hydrogen) atoms. The molecule has 0 saturated heterocycles. The van der Waals surface area contributed by atoms with Crippen LogP contribution in [0.2, 0.25) is 0 Å². The summed E-state index contributed by atoms with van der Waals surface area (Å²) in [6, 6.07) is 9.66. The first kappa shape index (κ1) is 17.3. The Labute approximate surface area is 133 Å². The summed E-state index contributed by atoms with van der Waals surface area (Å²) in [5.41, 5.74) is 1.55. The van der Waals surface area contributed by atoms with Gasteiger partial charge in [0, 0.05) is 12.7 Å². The fourth-order valence-electron chi connectivity index (χ4n) is 2.32. The number of ether oxygens (including phenoxy) is 1. The van der Waals surface area contributed by atoms with Gasteiger partial charge >= 0.3 is 6.61 Å². The molecule has 0 saturated carbocycles. The smallest absolute Gasteiger partial charge is 0.387 e. The minimum Gasteiger partial charge on any atom is -0.432 e. The van der Waals surface area contributed by atoms with Crippen LogP contribution in [0.1, 0.15) is 31.1 Å². The van der Waals surface area contributed by atoms with Crippen molar-refractivity contribution < 1.29 is 17.9 Å². The molecule has 2 aromatic rings. The van der Waals surface area contributed by atoms with E-state index >= 15 is 0 Å². The van der Waals surface area contributed by atoms with E-state index in [1.54, 1.807) is 12.3 Å². The number of hydrogen-bond donors (Lipinski definition) is 1.